The van der Waals surface area contributed by atoms with Gasteiger partial charge in [0.05, 0.1) is 6.61 Å². The molecule has 77 valence electrons. The van der Waals surface area contributed by atoms with Gasteiger partial charge in [-0.05, 0) is 24.5 Å². The lowest BCUT2D eigenvalue weighted by molar-refractivity contribution is 0.305. The monoisotopic (exact) mass is 191 g/mol. The topological polar surface area (TPSA) is 9.23 Å². The van der Waals surface area contributed by atoms with Gasteiger partial charge in [-0.2, -0.15) is 0 Å². The second-order valence-electron chi connectivity index (χ2n) is 3.38. The molecule has 0 saturated heterocycles. The Kier molecular flexibility index (Phi) is 5.13. The van der Waals surface area contributed by atoms with E-state index in [1.54, 1.807) is 0 Å². The number of para-hydroxylation sites is 1. The smallest absolute Gasteiger partial charge is 0.122 e. The maximum Gasteiger partial charge on any atom is 0.122 e. The van der Waals surface area contributed by atoms with Crippen LogP contribution in [0.2, 0.25) is 0 Å². The highest BCUT2D eigenvalue weighted by atomic mass is 16.5. The Balaban J connectivity index is 2.41. The van der Waals surface area contributed by atoms with E-state index in [-0.39, 0.29) is 0 Å². The summed E-state index contributed by atoms with van der Waals surface area (Å²) in [5.74, 6) is 1.01. The van der Waals surface area contributed by atoms with Crippen molar-refractivity contribution >= 4 is 0 Å². The van der Waals surface area contributed by atoms with E-state index in [1.807, 2.05) is 25.1 Å². The van der Waals surface area contributed by atoms with Gasteiger partial charge >= 0.3 is 0 Å². The molecule has 0 fully saturated rings. The Morgan fingerprint density at radius 1 is 1.21 bits per heavy atom. The van der Waals surface area contributed by atoms with Gasteiger partial charge in [0.15, 0.2) is 0 Å². The van der Waals surface area contributed by atoms with Crippen molar-refractivity contribution in [1.82, 2.24) is 0 Å². The van der Waals surface area contributed by atoms with Gasteiger partial charge in [-0.1, -0.05) is 44.9 Å². The molecule has 0 amide bonds. The lowest BCUT2D eigenvalue weighted by Crippen LogP contribution is -1.98. The van der Waals surface area contributed by atoms with E-state index >= 15 is 0 Å². The Morgan fingerprint density at radius 2 is 2.00 bits per heavy atom. The van der Waals surface area contributed by atoms with Crippen molar-refractivity contribution < 1.29 is 4.74 Å². The Labute approximate surface area is 87.1 Å². The summed E-state index contributed by atoms with van der Waals surface area (Å²) >= 11 is 0. The van der Waals surface area contributed by atoms with E-state index < -0.39 is 0 Å². The maximum atomic E-state index is 5.70. The first-order valence-corrected chi connectivity index (χ1v) is 5.39. The third-order valence-electron chi connectivity index (χ3n) is 2.24. The number of hydrogen-bond donors (Lipinski definition) is 0. The molecule has 0 aliphatic rings. The molecule has 0 spiro atoms. The summed E-state index contributed by atoms with van der Waals surface area (Å²) in [6.07, 6.45) is 5.71. The van der Waals surface area contributed by atoms with Crippen LogP contribution in [-0.4, -0.2) is 6.61 Å². The van der Waals surface area contributed by atoms with Crippen LogP contribution in [0.15, 0.2) is 24.3 Å². The summed E-state index contributed by atoms with van der Waals surface area (Å²) in [7, 11) is 0. The van der Waals surface area contributed by atoms with E-state index in [1.165, 1.54) is 18.4 Å². The first kappa shape index (κ1) is 11.1. The van der Waals surface area contributed by atoms with Crippen molar-refractivity contribution in [2.45, 2.75) is 33.1 Å². The highest BCUT2D eigenvalue weighted by Gasteiger charge is 1.99. The van der Waals surface area contributed by atoms with Gasteiger partial charge in [0, 0.05) is 0 Å². The fourth-order valence-corrected chi connectivity index (χ4v) is 1.38. The number of hydrogen-bond acceptors (Lipinski definition) is 1. The van der Waals surface area contributed by atoms with Crippen LogP contribution >= 0.6 is 0 Å². The van der Waals surface area contributed by atoms with Crippen LogP contribution in [0.5, 0.6) is 5.75 Å². The number of benzene rings is 1. The molecular formula is C13H19O. The average molecular weight is 191 g/mol. The molecule has 14 heavy (non-hydrogen) atoms. The highest BCUT2D eigenvalue weighted by molar-refractivity contribution is 5.37. The van der Waals surface area contributed by atoms with Crippen molar-refractivity contribution in [3.05, 3.63) is 36.2 Å². The number of rotatable bonds is 6. The maximum absolute atomic E-state index is 5.70. The lowest BCUT2D eigenvalue weighted by atomic mass is 10.1. The summed E-state index contributed by atoms with van der Waals surface area (Å²) in [4.78, 5) is 0. The summed E-state index contributed by atoms with van der Waals surface area (Å²) in [5.41, 5.74) is 1.18. The van der Waals surface area contributed by atoms with Crippen molar-refractivity contribution in [3.8, 4) is 5.75 Å². The molecule has 1 rings (SSSR count). The third kappa shape index (κ3) is 3.41. The predicted molar refractivity (Wildman–Crippen MR) is 60.5 cm³/mol. The van der Waals surface area contributed by atoms with Gasteiger partial charge in [-0.25, -0.2) is 0 Å². The lowest BCUT2D eigenvalue weighted by Gasteiger charge is -2.09. The van der Waals surface area contributed by atoms with Gasteiger partial charge in [-0.15, -0.1) is 0 Å². The van der Waals surface area contributed by atoms with Crippen LogP contribution in [0.3, 0.4) is 0 Å². The first-order chi connectivity index (χ1) is 6.88. The fraction of sp³-hybridized carbons (Fsp3) is 0.462. The first-order valence-electron chi connectivity index (χ1n) is 5.39. The minimum absolute atomic E-state index is 0.832. The van der Waals surface area contributed by atoms with Crippen LogP contribution < -0.4 is 4.74 Å². The van der Waals surface area contributed by atoms with E-state index in [0.29, 0.717) is 0 Å². The summed E-state index contributed by atoms with van der Waals surface area (Å²) in [6, 6.07) is 8.16. The molecule has 0 N–H and O–H groups in total. The molecule has 1 aromatic rings. The Bertz CT molecular complexity index is 255. The normalized spacial score (nSPS) is 10.1. The van der Waals surface area contributed by atoms with Gasteiger partial charge in [0.1, 0.15) is 5.75 Å². The van der Waals surface area contributed by atoms with Crippen LogP contribution in [-0.2, 0) is 0 Å². The van der Waals surface area contributed by atoms with Crippen LogP contribution in [0, 0.1) is 6.42 Å². The SMILES string of the molecule is C[CH]c1ccccc1OCCCCC. The molecule has 0 heterocycles. The molecule has 0 aliphatic heterocycles. The van der Waals surface area contributed by atoms with Gasteiger partial charge in [-0.3, -0.25) is 0 Å². The molecule has 0 aromatic heterocycles. The van der Waals surface area contributed by atoms with Crippen LogP contribution in [0.4, 0.5) is 0 Å². The van der Waals surface area contributed by atoms with E-state index in [2.05, 4.69) is 19.4 Å². The van der Waals surface area contributed by atoms with Crippen molar-refractivity contribution in [3.63, 3.8) is 0 Å². The van der Waals surface area contributed by atoms with Crippen LogP contribution in [0.1, 0.15) is 38.7 Å². The second-order valence-corrected chi connectivity index (χ2v) is 3.38. The molecule has 0 atom stereocenters. The Morgan fingerprint density at radius 3 is 2.71 bits per heavy atom. The van der Waals surface area contributed by atoms with Gasteiger partial charge < -0.3 is 4.74 Å². The van der Waals surface area contributed by atoms with Crippen molar-refractivity contribution in [1.29, 1.82) is 0 Å². The molecule has 1 heteroatoms. The minimum Gasteiger partial charge on any atom is -0.493 e. The van der Waals surface area contributed by atoms with E-state index in [4.69, 9.17) is 4.74 Å². The zero-order chi connectivity index (χ0) is 10.2. The van der Waals surface area contributed by atoms with Crippen molar-refractivity contribution in [2.24, 2.45) is 0 Å². The number of unbranched alkanes of at least 4 members (excludes halogenated alkanes) is 2. The van der Waals surface area contributed by atoms with E-state index in [0.717, 1.165) is 18.8 Å². The number of ether oxygens (including phenoxy) is 1. The second kappa shape index (κ2) is 6.47. The standard InChI is InChI=1S/C13H19O/c1-3-5-8-11-14-13-10-7-6-9-12(13)4-2/h4,6-7,9-10H,3,5,8,11H2,1-2H3. The molecule has 0 aliphatic carbocycles. The van der Waals surface area contributed by atoms with Crippen molar-refractivity contribution in [2.75, 3.05) is 6.61 Å². The Hall–Kier alpha value is -0.980. The fourth-order valence-electron chi connectivity index (χ4n) is 1.38. The summed E-state index contributed by atoms with van der Waals surface area (Å²) < 4.78 is 5.70. The highest BCUT2D eigenvalue weighted by Crippen LogP contribution is 2.19. The molecular weight excluding hydrogens is 172 g/mol. The molecule has 0 unspecified atom stereocenters. The quantitative estimate of drug-likeness (QED) is 0.621. The molecule has 1 radical (unpaired) electrons. The molecule has 0 saturated carbocycles. The minimum atomic E-state index is 0.832. The summed E-state index contributed by atoms with van der Waals surface area (Å²) in [6.45, 7) is 5.07. The molecule has 1 aromatic carbocycles. The van der Waals surface area contributed by atoms with Gasteiger partial charge in [0.2, 0.25) is 0 Å². The van der Waals surface area contributed by atoms with Gasteiger partial charge in [0.25, 0.3) is 0 Å². The average Bonchev–Trinajstić information content (AvgIpc) is 2.25. The zero-order valence-electron chi connectivity index (χ0n) is 9.12. The molecule has 0 bridgehead atoms. The van der Waals surface area contributed by atoms with E-state index in [9.17, 15) is 0 Å². The zero-order valence-corrected chi connectivity index (χ0v) is 9.12. The largest absolute Gasteiger partial charge is 0.493 e. The third-order valence-corrected chi connectivity index (χ3v) is 2.24. The predicted octanol–water partition coefficient (Wildman–Crippen LogP) is 3.83. The van der Waals surface area contributed by atoms with Crippen LogP contribution in [0.25, 0.3) is 0 Å². The summed E-state index contributed by atoms with van der Waals surface area (Å²) in [5, 5.41) is 0. The molecule has 1 nitrogen and oxygen atoms in total.